The molecule has 1 aromatic carbocycles. The van der Waals surface area contributed by atoms with E-state index in [-0.39, 0.29) is 0 Å². The van der Waals surface area contributed by atoms with Gasteiger partial charge in [0.2, 0.25) is 0 Å². The van der Waals surface area contributed by atoms with Gasteiger partial charge in [-0.2, -0.15) is 5.10 Å². The van der Waals surface area contributed by atoms with Crippen LogP contribution in [0.25, 0.3) is 5.69 Å². The molecule has 3 nitrogen and oxygen atoms in total. The molecular formula is C15H20BrN3. The molecule has 4 heteroatoms. The first kappa shape index (κ1) is 14.3. The predicted octanol–water partition coefficient (Wildman–Crippen LogP) is 3.48. The standard InChI is InChI=1S/C15H20BrN3/c1-4-14-13(10-17-3)15(5-2)19(18-14)12-8-6-7-11(16)9-12/h6-9,17H,4-5,10H2,1-3H3. The van der Waals surface area contributed by atoms with Crippen LogP contribution >= 0.6 is 15.9 Å². The van der Waals surface area contributed by atoms with Crippen molar-refractivity contribution in [3.05, 3.63) is 45.7 Å². The molecule has 0 atom stereocenters. The van der Waals surface area contributed by atoms with Gasteiger partial charge in [-0.3, -0.25) is 0 Å². The van der Waals surface area contributed by atoms with Gasteiger partial charge < -0.3 is 5.32 Å². The lowest BCUT2D eigenvalue weighted by Gasteiger charge is -2.08. The van der Waals surface area contributed by atoms with Gasteiger partial charge in [0.05, 0.1) is 11.4 Å². The van der Waals surface area contributed by atoms with Crippen LogP contribution in [0.5, 0.6) is 0 Å². The van der Waals surface area contributed by atoms with E-state index in [4.69, 9.17) is 5.10 Å². The summed E-state index contributed by atoms with van der Waals surface area (Å²) in [6.45, 7) is 5.22. The van der Waals surface area contributed by atoms with Crippen molar-refractivity contribution in [3.8, 4) is 5.69 Å². The highest BCUT2D eigenvalue weighted by molar-refractivity contribution is 9.10. The number of aromatic nitrogens is 2. The average Bonchev–Trinajstić information content (AvgIpc) is 2.77. The van der Waals surface area contributed by atoms with Crippen LogP contribution in [0.3, 0.4) is 0 Å². The third kappa shape index (κ3) is 2.90. The first-order chi connectivity index (χ1) is 9.21. The molecule has 0 saturated carbocycles. The topological polar surface area (TPSA) is 29.9 Å². The number of benzene rings is 1. The Labute approximate surface area is 123 Å². The van der Waals surface area contributed by atoms with Crippen molar-refractivity contribution < 1.29 is 0 Å². The minimum Gasteiger partial charge on any atom is -0.316 e. The Bertz CT molecular complexity index is 561. The monoisotopic (exact) mass is 321 g/mol. The molecule has 0 amide bonds. The highest BCUT2D eigenvalue weighted by Crippen LogP contribution is 2.22. The Kier molecular flexibility index (Phi) is 4.77. The molecule has 2 aromatic rings. The van der Waals surface area contributed by atoms with Gasteiger partial charge >= 0.3 is 0 Å². The fraction of sp³-hybridized carbons (Fsp3) is 0.400. The van der Waals surface area contributed by atoms with Gasteiger partial charge in [0.1, 0.15) is 0 Å². The van der Waals surface area contributed by atoms with Gasteiger partial charge in [0.25, 0.3) is 0 Å². The quantitative estimate of drug-likeness (QED) is 0.913. The highest BCUT2D eigenvalue weighted by Gasteiger charge is 2.15. The van der Waals surface area contributed by atoms with Crippen LogP contribution in [-0.4, -0.2) is 16.8 Å². The van der Waals surface area contributed by atoms with E-state index in [1.807, 2.05) is 19.2 Å². The van der Waals surface area contributed by atoms with Crippen LogP contribution in [0.2, 0.25) is 0 Å². The molecule has 0 radical (unpaired) electrons. The smallest absolute Gasteiger partial charge is 0.0674 e. The molecule has 1 N–H and O–H groups in total. The number of halogens is 1. The van der Waals surface area contributed by atoms with Gasteiger partial charge in [-0.25, -0.2) is 4.68 Å². The maximum Gasteiger partial charge on any atom is 0.0674 e. The summed E-state index contributed by atoms with van der Waals surface area (Å²) >= 11 is 3.53. The van der Waals surface area contributed by atoms with Crippen molar-refractivity contribution in [1.82, 2.24) is 15.1 Å². The number of nitrogens with zero attached hydrogens (tertiary/aromatic N) is 2. The van der Waals surface area contributed by atoms with Crippen LogP contribution < -0.4 is 5.32 Å². The van der Waals surface area contributed by atoms with E-state index >= 15 is 0 Å². The van der Waals surface area contributed by atoms with E-state index in [9.17, 15) is 0 Å². The summed E-state index contributed by atoms with van der Waals surface area (Å²) in [4.78, 5) is 0. The van der Waals surface area contributed by atoms with Crippen LogP contribution in [0, 0.1) is 0 Å². The maximum absolute atomic E-state index is 4.79. The predicted molar refractivity (Wildman–Crippen MR) is 82.8 cm³/mol. The van der Waals surface area contributed by atoms with Crippen molar-refractivity contribution in [2.75, 3.05) is 7.05 Å². The van der Waals surface area contributed by atoms with E-state index in [1.54, 1.807) is 0 Å². The van der Waals surface area contributed by atoms with Crippen molar-refractivity contribution >= 4 is 15.9 Å². The molecule has 0 saturated heterocycles. The van der Waals surface area contributed by atoms with Crippen molar-refractivity contribution in [3.63, 3.8) is 0 Å². The second kappa shape index (κ2) is 6.35. The highest BCUT2D eigenvalue weighted by atomic mass is 79.9. The van der Waals surface area contributed by atoms with E-state index in [0.717, 1.165) is 29.5 Å². The summed E-state index contributed by atoms with van der Waals surface area (Å²) in [6.07, 6.45) is 1.95. The van der Waals surface area contributed by atoms with E-state index in [1.165, 1.54) is 17.0 Å². The number of hydrogen-bond acceptors (Lipinski definition) is 2. The van der Waals surface area contributed by atoms with Crippen LogP contribution in [0.4, 0.5) is 0 Å². The molecule has 0 fully saturated rings. The van der Waals surface area contributed by atoms with E-state index in [0.29, 0.717) is 0 Å². The number of hydrogen-bond donors (Lipinski definition) is 1. The molecule has 0 aliphatic carbocycles. The Morgan fingerprint density at radius 3 is 2.63 bits per heavy atom. The minimum absolute atomic E-state index is 0.875. The molecule has 1 aromatic heterocycles. The summed E-state index contributed by atoms with van der Waals surface area (Å²) < 4.78 is 3.16. The summed E-state index contributed by atoms with van der Waals surface area (Å²) in [5.41, 5.74) is 4.94. The fourth-order valence-electron chi connectivity index (χ4n) is 2.39. The molecule has 2 rings (SSSR count). The Hall–Kier alpha value is -1.13. The van der Waals surface area contributed by atoms with E-state index < -0.39 is 0 Å². The molecule has 0 unspecified atom stereocenters. The lowest BCUT2D eigenvalue weighted by Crippen LogP contribution is -2.09. The van der Waals surface area contributed by atoms with Gasteiger partial charge in [0.15, 0.2) is 0 Å². The number of rotatable bonds is 5. The molecule has 1 heterocycles. The fourth-order valence-corrected chi connectivity index (χ4v) is 2.77. The molecule has 102 valence electrons. The third-order valence-corrected chi connectivity index (χ3v) is 3.74. The Morgan fingerprint density at radius 1 is 1.26 bits per heavy atom. The SMILES string of the molecule is CCc1nn(-c2cccc(Br)c2)c(CC)c1CNC. The number of nitrogens with one attached hydrogen (secondary N) is 1. The molecule has 19 heavy (non-hydrogen) atoms. The summed E-state index contributed by atoms with van der Waals surface area (Å²) in [7, 11) is 1.98. The van der Waals surface area contributed by atoms with Crippen molar-refractivity contribution in [2.24, 2.45) is 0 Å². The Balaban J connectivity index is 2.56. The first-order valence-electron chi connectivity index (χ1n) is 6.71. The van der Waals surface area contributed by atoms with Crippen molar-refractivity contribution in [1.29, 1.82) is 0 Å². The summed E-state index contributed by atoms with van der Waals surface area (Å²) in [5.74, 6) is 0. The first-order valence-corrected chi connectivity index (χ1v) is 7.50. The second-order valence-electron chi connectivity index (χ2n) is 4.50. The molecule has 0 spiro atoms. The van der Waals surface area contributed by atoms with Gasteiger partial charge in [0, 0.05) is 22.3 Å². The Morgan fingerprint density at radius 2 is 2.05 bits per heavy atom. The zero-order valence-electron chi connectivity index (χ0n) is 11.7. The molecule has 0 aliphatic heterocycles. The maximum atomic E-state index is 4.79. The average molecular weight is 322 g/mol. The van der Waals surface area contributed by atoms with Gasteiger partial charge in [-0.15, -0.1) is 0 Å². The molecule has 0 aliphatic rings. The van der Waals surface area contributed by atoms with Crippen LogP contribution in [0.1, 0.15) is 30.8 Å². The normalized spacial score (nSPS) is 10.9. The summed E-state index contributed by atoms with van der Waals surface area (Å²) in [6, 6.07) is 8.28. The lowest BCUT2D eigenvalue weighted by atomic mass is 10.1. The molecular weight excluding hydrogens is 302 g/mol. The minimum atomic E-state index is 0.875. The third-order valence-electron chi connectivity index (χ3n) is 3.25. The molecule has 0 bridgehead atoms. The van der Waals surface area contributed by atoms with Gasteiger partial charge in [-0.05, 0) is 38.1 Å². The van der Waals surface area contributed by atoms with Gasteiger partial charge in [-0.1, -0.05) is 35.8 Å². The van der Waals surface area contributed by atoms with Crippen molar-refractivity contribution in [2.45, 2.75) is 33.2 Å². The second-order valence-corrected chi connectivity index (χ2v) is 5.42. The lowest BCUT2D eigenvalue weighted by molar-refractivity contribution is 0.779. The van der Waals surface area contributed by atoms with E-state index in [2.05, 4.69) is 51.9 Å². The largest absolute Gasteiger partial charge is 0.316 e. The summed E-state index contributed by atoms with van der Waals surface area (Å²) in [5, 5.41) is 8.03. The van der Waals surface area contributed by atoms with Crippen LogP contribution in [0.15, 0.2) is 28.7 Å². The number of aryl methyl sites for hydroxylation is 1. The van der Waals surface area contributed by atoms with Crippen LogP contribution in [-0.2, 0) is 19.4 Å². The zero-order valence-corrected chi connectivity index (χ0v) is 13.3. The zero-order chi connectivity index (χ0) is 13.8.